The summed E-state index contributed by atoms with van der Waals surface area (Å²) in [5.41, 5.74) is 0.687. The molecule has 0 radical (unpaired) electrons. The molecule has 10 heteroatoms. The van der Waals surface area contributed by atoms with Gasteiger partial charge in [0.2, 0.25) is 0 Å². The van der Waals surface area contributed by atoms with Crippen molar-refractivity contribution in [3.8, 4) is 28.7 Å². The molecule has 5 N–H and O–H groups in total. The number of hydrogen-bond acceptors (Lipinski definition) is 9. The first-order valence-electron chi connectivity index (χ1n) is 8.53. The fourth-order valence-corrected chi connectivity index (χ4v) is 2.95. The third-order valence-corrected chi connectivity index (χ3v) is 4.36. The number of esters is 1. The Bertz CT molecular complexity index is 944. The number of nitrogens with one attached hydrogen (secondary N) is 1. The highest BCUT2D eigenvalue weighted by Crippen LogP contribution is 2.43. The van der Waals surface area contributed by atoms with Gasteiger partial charge in [0.1, 0.15) is 29.9 Å². The predicted molar refractivity (Wildman–Crippen MR) is 96.9 cm³/mol. The fourth-order valence-electron chi connectivity index (χ4n) is 2.95. The van der Waals surface area contributed by atoms with Gasteiger partial charge >= 0.3 is 12.1 Å². The average Bonchev–Trinajstić information content (AvgIpc) is 2.68. The summed E-state index contributed by atoms with van der Waals surface area (Å²) in [6, 6.07) is 6.39. The number of hydrogen-bond donors (Lipinski definition) is 5. The molecular formula is C19H19NO9. The number of rotatable bonds is 4. The summed E-state index contributed by atoms with van der Waals surface area (Å²) in [6.45, 7) is -0.400. The average molecular weight is 405 g/mol. The van der Waals surface area contributed by atoms with Crippen molar-refractivity contribution < 1.29 is 44.2 Å². The molecule has 0 spiro atoms. The van der Waals surface area contributed by atoms with E-state index in [0.717, 1.165) is 6.07 Å². The number of methoxy groups -OCH3 is 1. The molecule has 0 saturated carbocycles. The van der Waals surface area contributed by atoms with Crippen molar-refractivity contribution >= 4 is 12.1 Å². The van der Waals surface area contributed by atoms with Gasteiger partial charge in [-0.2, -0.15) is 0 Å². The van der Waals surface area contributed by atoms with Gasteiger partial charge in [-0.15, -0.1) is 0 Å². The van der Waals surface area contributed by atoms with Gasteiger partial charge in [0.15, 0.2) is 17.6 Å². The largest absolute Gasteiger partial charge is 0.508 e. The molecule has 2 aromatic rings. The lowest BCUT2D eigenvalue weighted by molar-refractivity contribution is -0.139. The first-order chi connectivity index (χ1) is 13.8. The molecule has 2 atom stereocenters. The standard InChI is InChI=1S/C19H19NO9/c1-27-17(25)8-20-19(26)29-16-7-11-13(23)5-10(21)6-15(11)28-18(16)9-2-3-12(22)14(24)4-9/h2-6,16,18,21-24H,7-8H2,1H3,(H,20,26)/t16-,18-/m1/s1. The SMILES string of the molecule is COC(=O)CNC(=O)O[C@@H]1Cc2c(O)cc(O)cc2O[C@@H]1c1ccc(O)c(O)c1. The van der Waals surface area contributed by atoms with E-state index in [9.17, 15) is 30.0 Å². The van der Waals surface area contributed by atoms with E-state index in [1.54, 1.807) is 0 Å². The number of aromatic hydroxyl groups is 4. The molecule has 1 aliphatic rings. The third kappa shape index (κ3) is 4.37. The molecular weight excluding hydrogens is 386 g/mol. The molecule has 0 fully saturated rings. The number of phenolic OH excluding ortho intramolecular Hbond substituents is 4. The molecule has 0 unspecified atom stereocenters. The van der Waals surface area contributed by atoms with Crippen molar-refractivity contribution in [1.29, 1.82) is 0 Å². The molecule has 3 rings (SSSR count). The Morgan fingerprint density at radius 2 is 1.86 bits per heavy atom. The van der Waals surface area contributed by atoms with Gasteiger partial charge in [0, 0.05) is 29.7 Å². The van der Waals surface area contributed by atoms with E-state index in [-0.39, 0.29) is 29.4 Å². The minimum absolute atomic E-state index is 0.0272. The van der Waals surface area contributed by atoms with E-state index >= 15 is 0 Å². The Balaban J connectivity index is 1.89. The van der Waals surface area contributed by atoms with E-state index in [4.69, 9.17) is 9.47 Å². The van der Waals surface area contributed by atoms with E-state index in [2.05, 4.69) is 10.1 Å². The Labute approximate surface area is 164 Å². The minimum Gasteiger partial charge on any atom is -0.508 e. The summed E-state index contributed by atoms with van der Waals surface area (Å²) >= 11 is 0. The number of ether oxygens (including phenoxy) is 3. The first-order valence-corrected chi connectivity index (χ1v) is 8.53. The highest BCUT2D eigenvalue weighted by Gasteiger charge is 2.36. The highest BCUT2D eigenvalue weighted by atomic mass is 16.6. The number of phenols is 4. The van der Waals surface area contributed by atoms with Crippen molar-refractivity contribution in [2.75, 3.05) is 13.7 Å². The molecule has 1 heterocycles. The Morgan fingerprint density at radius 1 is 1.10 bits per heavy atom. The van der Waals surface area contributed by atoms with E-state index < -0.39 is 36.6 Å². The second-order valence-corrected chi connectivity index (χ2v) is 6.31. The summed E-state index contributed by atoms with van der Waals surface area (Å²) in [7, 11) is 1.17. The number of fused-ring (bicyclic) bond motifs is 1. The monoisotopic (exact) mass is 405 g/mol. The Morgan fingerprint density at radius 3 is 2.55 bits per heavy atom. The molecule has 10 nitrogen and oxygen atoms in total. The van der Waals surface area contributed by atoms with Crippen molar-refractivity contribution in [1.82, 2.24) is 5.32 Å². The summed E-state index contributed by atoms with van der Waals surface area (Å²) in [6.07, 6.45) is -2.78. The van der Waals surface area contributed by atoms with Crippen LogP contribution in [0.5, 0.6) is 28.7 Å². The zero-order valence-electron chi connectivity index (χ0n) is 15.3. The van der Waals surface area contributed by atoms with Crippen molar-refractivity contribution in [2.24, 2.45) is 0 Å². The zero-order chi connectivity index (χ0) is 21.1. The minimum atomic E-state index is -0.959. The molecule has 1 amide bonds. The van der Waals surface area contributed by atoms with Gasteiger partial charge in [-0.05, 0) is 12.1 Å². The van der Waals surface area contributed by atoms with Gasteiger partial charge < -0.3 is 40.0 Å². The van der Waals surface area contributed by atoms with Crippen LogP contribution in [0.2, 0.25) is 0 Å². The zero-order valence-corrected chi connectivity index (χ0v) is 15.3. The maximum atomic E-state index is 12.1. The van der Waals surface area contributed by atoms with Gasteiger partial charge in [-0.3, -0.25) is 4.79 Å². The van der Waals surface area contributed by atoms with Crippen LogP contribution in [0.25, 0.3) is 0 Å². The summed E-state index contributed by atoms with van der Waals surface area (Å²) < 4.78 is 15.6. The molecule has 0 bridgehead atoms. The van der Waals surface area contributed by atoms with Gasteiger partial charge in [-0.1, -0.05) is 6.07 Å². The number of benzene rings is 2. The quantitative estimate of drug-likeness (QED) is 0.375. The number of alkyl carbamates (subject to hydrolysis) is 1. The topological polar surface area (TPSA) is 155 Å². The number of carbonyl (C=O) groups is 2. The lowest BCUT2D eigenvalue weighted by atomic mass is 9.93. The van der Waals surface area contributed by atoms with Crippen molar-refractivity contribution in [3.05, 3.63) is 41.5 Å². The van der Waals surface area contributed by atoms with Crippen LogP contribution in [-0.4, -0.2) is 52.2 Å². The lowest BCUT2D eigenvalue weighted by Crippen LogP contribution is -2.39. The van der Waals surface area contributed by atoms with Crippen LogP contribution in [0.3, 0.4) is 0 Å². The van der Waals surface area contributed by atoms with Crippen LogP contribution in [-0.2, 0) is 20.7 Å². The first kappa shape index (κ1) is 19.9. The predicted octanol–water partition coefficient (Wildman–Crippen LogP) is 1.45. The second kappa shape index (κ2) is 8.05. The van der Waals surface area contributed by atoms with Crippen LogP contribution < -0.4 is 10.1 Å². The maximum absolute atomic E-state index is 12.1. The Hall–Kier alpha value is -3.82. The molecule has 0 aromatic heterocycles. The number of carbonyl (C=O) groups excluding carboxylic acids is 2. The second-order valence-electron chi connectivity index (χ2n) is 6.31. The molecule has 29 heavy (non-hydrogen) atoms. The van der Waals surface area contributed by atoms with E-state index in [0.29, 0.717) is 11.1 Å². The molecule has 2 aromatic carbocycles. The maximum Gasteiger partial charge on any atom is 0.408 e. The molecule has 0 saturated heterocycles. The Kier molecular flexibility index (Phi) is 5.53. The number of amides is 1. The third-order valence-electron chi connectivity index (χ3n) is 4.36. The molecule has 0 aliphatic carbocycles. The highest BCUT2D eigenvalue weighted by molar-refractivity contribution is 5.77. The molecule has 154 valence electrons. The van der Waals surface area contributed by atoms with Crippen LogP contribution in [0.4, 0.5) is 4.79 Å². The lowest BCUT2D eigenvalue weighted by Gasteiger charge is -2.33. The summed E-state index contributed by atoms with van der Waals surface area (Å²) in [4.78, 5) is 23.3. The van der Waals surface area contributed by atoms with Crippen LogP contribution >= 0.6 is 0 Å². The van der Waals surface area contributed by atoms with E-state index in [1.807, 2.05) is 0 Å². The van der Waals surface area contributed by atoms with E-state index in [1.165, 1.54) is 31.4 Å². The summed E-state index contributed by atoms with van der Waals surface area (Å²) in [5.74, 6) is -1.69. The van der Waals surface area contributed by atoms with Crippen molar-refractivity contribution in [2.45, 2.75) is 18.6 Å². The smallest absolute Gasteiger partial charge is 0.408 e. The summed E-state index contributed by atoms with van der Waals surface area (Å²) in [5, 5.41) is 41.4. The van der Waals surface area contributed by atoms with Crippen LogP contribution in [0.15, 0.2) is 30.3 Å². The van der Waals surface area contributed by atoms with Crippen molar-refractivity contribution in [3.63, 3.8) is 0 Å². The van der Waals surface area contributed by atoms with Gasteiger partial charge in [0.25, 0.3) is 0 Å². The normalized spacial score (nSPS) is 17.6. The van der Waals surface area contributed by atoms with Gasteiger partial charge in [-0.25, -0.2) is 4.79 Å². The molecule has 1 aliphatic heterocycles. The van der Waals surface area contributed by atoms with Crippen LogP contribution in [0.1, 0.15) is 17.2 Å². The van der Waals surface area contributed by atoms with Gasteiger partial charge in [0.05, 0.1) is 7.11 Å². The fraction of sp³-hybridized carbons (Fsp3) is 0.263. The van der Waals surface area contributed by atoms with Crippen LogP contribution in [0, 0.1) is 0 Å².